The summed E-state index contributed by atoms with van der Waals surface area (Å²) in [7, 11) is 5.66. The van der Waals surface area contributed by atoms with Crippen LogP contribution in [0.1, 0.15) is 13.8 Å². The van der Waals surface area contributed by atoms with Crippen LogP contribution in [0.4, 0.5) is 0 Å². The van der Waals surface area contributed by atoms with Gasteiger partial charge in [0.25, 0.3) is 0 Å². The fourth-order valence-electron chi connectivity index (χ4n) is 0.0962. The van der Waals surface area contributed by atoms with Crippen LogP contribution < -0.4 is 0 Å². The Morgan fingerprint density at radius 1 is 0.857 bits per heavy atom. The van der Waals surface area contributed by atoms with Gasteiger partial charge in [0, 0.05) is 28.4 Å². The first-order valence-corrected chi connectivity index (χ1v) is 3.79. The van der Waals surface area contributed by atoms with E-state index >= 15 is 0 Å². The van der Waals surface area contributed by atoms with Crippen LogP contribution in [-0.4, -0.2) is 56.7 Å². The third-order valence-corrected chi connectivity index (χ3v) is 1.00. The number of rotatable bonds is 3. The van der Waals surface area contributed by atoms with Crippen LogP contribution in [0, 0.1) is 0 Å². The predicted octanol–water partition coefficient (Wildman–Crippen LogP) is -0.620. The molecule has 0 amide bonds. The molecule has 0 bridgehead atoms. The van der Waals surface area contributed by atoms with Crippen LogP contribution in [0.2, 0.25) is 0 Å². The Kier molecular flexibility index (Phi) is 38.6. The molecule has 1 unspecified atom stereocenters. The van der Waals surface area contributed by atoms with E-state index < -0.39 is 6.29 Å². The molecule has 0 fully saturated rings. The van der Waals surface area contributed by atoms with Crippen molar-refractivity contribution >= 4 is 0 Å². The highest BCUT2D eigenvalue weighted by atomic mass is 16.7. The maximum Gasteiger partial charge on any atom is 0.154 e. The number of hydrogen-bond donors (Lipinski definition) is 2. The van der Waals surface area contributed by atoms with Gasteiger partial charge in [0.2, 0.25) is 0 Å². The van der Waals surface area contributed by atoms with Gasteiger partial charge < -0.3 is 29.9 Å². The Hall–Kier alpha value is -0.240. The Labute approximate surface area is 85.7 Å². The molecule has 0 aliphatic carbocycles. The zero-order valence-electron chi connectivity index (χ0n) is 9.77. The lowest BCUT2D eigenvalue weighted by Gasteiger charge is -2.03. The first kappa shape index (κ1) is 23.5. The summed E-state index contributed by atoms with van der Waals surface area (Å²) in [6.07, 6.45) is -0.681. The minimum Gasteiger partial charge on any atom is -0.412 e. The lowest BCUT2D eigenvalue weighted by Crippen LogP contribution is -2.05. The molecule has 6 nitrogen and oxygen atoms in total. The third kappa shape index (κ3) is 41.0. The van der Waals surface area contributed by atoms with Crippen molar-refractivity contribution in [1.82, 2.24) is 0 Å². The minimum atomic E-state index is -0.616. The number of aliphatic hydroxyl groups excluding tert-OH is 2. The average molecular weight is 216 g/mol. The van der Waals surface area contributed by atoms with Gasteiger partial charge in [-0.15, -0.1) is 0 Å². The standard InChI is InChI=1S/C4H10O2.C3H8O2.CH4O.H2O/c1-4(5-2)6-3;1-3(4)5-2;1-2;/h4H,1-3H3;3-4H,1-2H3;2H,1H3;1H2. The summed E-state index contributed by atoms with van der Waals surface area (Å²) < 4.78 is 13.7. The summed E-state index contributed by atoms with van der Waals surface area (Å²) >= 11 is 0. The van der Waals surface area contributed by atoms with Crippen molar-refractivity contribution in [1.29, 1.82) is 0 Å². The van der Waals surface area contributed by atoms with Crippen LogP contribution in [0.25, 0.3) is 0 Å². The lowest BCUT2D eigenvalue weighted by atomic mass is 10.8. The smallest absolute Gasteiger partial charge is 0.154 e. The van der Waals surface area contributed by atoms with Crippen LogP contribution in [-0.2, 0) is 14.2 Å². The van der Waals surface area contributed by atoms with Gasteiger partial charge in [0.1, 0.15) is 0 Å². The molecule has 0 aliphatic rings. The van der Waals surface area contributed by atoms with Crippen molar-refractivity contribution in [2.45, 2.75) is 26.4 Å². The maximum atomic E-state index is 8.14. The highest BCUT2D eigenvalue weighted by molar-refractivity contribution is 4.17. The van der Waals surface area contributed by atoms with E-state index in [1.165, 1.54) is 7.11 Å². The zero-order valence-corrected chi connectivity index (χ0v) is 9.77. The predicted molar refractivity (Wildman–Crippen MR) is 53.9 cm³/mol. The van der Waals surface area contributed by atoms with E-state index in [-0.39, 0.29) is 11.8 Å². The molecule has 0 spiro atoms. The summed E-state index contributed by atoms with van der Waals surface area (Å²) in [4.78, 5) is 0. The second kappa shape index (κ2) is 23.0. The van der Waals surface area contributed by atoms with Crippen molar-refractivity contribution in [3.63, 3.8) is 0 Å². The van der Waals surface area contributed by atoms with Crippen LogP contribution in [0.15, 0.2) is 0 Å². The minimum absolute atomic E-state index is 0. The average Bonchev–Trinajstić information content (AvgIpc) is 2.20. The topological polar surface area (TPSA) is 99.7 Å². The summed E-state index contributed by atoms with van der Waals surface area (Å²) in [6.45, 7) is 3.39. The zero-order chi connectivity index (χ0) is 11.3. The first-order chi connectivity index (χ1) is 6.08. The highest BCUT2D eigenvalue weighted by Gasteiger charge is 1.87. The van der Waals surface area contributed by atoms with Crippen molar-refractivity contribution in [3.8, 4) is 0 Å². The van der Waals surface area contributed by atoms with Gasteiger partial charge in [-0.2, -0.15) is 0 Å². The van der Waals surface area contributed by atoms with Gasteiger partial charge in [-0.1, -0.05) is 0 Å². The van der Waals surface area contributed by atoms with Gasteiger partial charge in [-0.25, -0.2) is 0 Å². The van der Waals surface area contributed by atoms with Crippen molar-refractivity contribution in [2.24, 2.45) is 0 Å². The van der Waals surface area contributed by atoms with E-state index in [0.29, 0.717) is 0 Å². The first-order valence-electron chi connectivity index (χ1n) is 3.79. The van der Waals surface area contributed by atoms with Crippen LogP contribution >= 0.6 is 0 Å². The van der Waals surface area contributed by atoms with Crippen molar-refractivity contribution in [3.05, 3.63) is 0 Å². The van der Waals surface area contributed by atoms with E-state index in [2.05, 4.69) is 14.2 Å². The summed E-state index contributed by atoms with van der Waals surface area (Å²) in [5.41, 5.74) is 0. The van der Waals surface area contributed by atoms with Gasteiger partial charge in [-0.05, 0) is 13.8 Å². The Balaban J connectivity index is -0.0000000576. The van der Waals surface area contributed by atoms with E-state index in [4.69, 9.17) is 10.2 Å². The normalized spacial score (nSPS) is 10.1. The van der Waals surface area contributed by atoms with E-state index in [0.717, 1.165) is 7.11 Å². The summed E-state index contributed by atoms with van der Waals surface area (Å²) in [5.74, 6) is 0. The summed E-state index contributed by atoms with van der Waals surface area (Å²) in [5, 5.41) is 15.1. The van der Waals surface area contributed by atoms with Crippen LogP contribution in [0.5, 0.6) is 0 Å². The SMILES string of the molecule is CO.COC(C)O.COC(C)OC.O. The fourth-order valence-corrected chi connectivity index (χ4v) is 0.0962. The molecule has 6 heteroatoms. The molecule has 92 valence electrons. The Bertz CT molecular complexity index is 64.9. The number of aliphatic hydroxyl groups is 2. The second-order valence-electron chi connectivity index (χ2n) is 1.87. The largest absolute Gasteiger partial charge is 0.412 e. The van der Waals surface area contributed by atoms with E-state index in [1.54, 1.807) is 21.1 Å². The van der Waals surface area contributed by atoms with E-state index in [9.17, 15) is 0 Å². The van der Waals surface area contributed by atoms with Crippen LogP contribution in [0.3, 0.4) is 0 Å². The maximum absolute atomic E-state index is 8.14. The molecular formula is C8H24O6. The molecule has 14 heavy (non-hydrogen) atoms. The quantitative estimate of drug-likeness (QED) is 0.612. The molecule has 1 atom stereocenters. The second-order valence-corrected chi connectivity index (χ2v) is 1.87. The van der Waals surface area contributed by atoms with Gasteiger partial charge in [0.05, 0.1) is 0 Å². The molecule has 0 aromatic rings. The fraction of sp³-hybridized carbons (Fsp3) is 1.00. The van der Waals surface area contributed by atoms with Gasteiger partial charge >= 0.3 is 0 Å². The lowest BCUT2D eigenvalue weighted by molar-refractivity contribution is -0.0877. The number of ether oxygens (including phenoxy) is 3. The molecular weight excluding hydrogens is 192 g/mol. The summed E-state index contributed by atoms with van der Waals surface area (Å²) in [6, 6.07) is 0. The molecule has 0 saturated carbocycles. The number of hydrogen-bond acceptors (Lipinski definition) is 5. The van der Waals surface area contributed by atoms with Crippen molar-refractivity contribution < 1.29 is 29.9 Å². The molecule has 0 aromatic carbocycles. The molecule has 0 saturated heterocycles. The Morgan fingerprint density at radius 2 is 1.07 bits per heavy atom. The van der Waals surface area contributed by atoms with Crippen molar-refractivity contribution in [2.75, 3.05) is 28.4 Å². The van der Waals surface area contributed by atoms with Gasteiger partial charge in [0.15, 0.2) is 12.6 Å². The molecule has 0 aliphatic heterocycles. The highest BCUT2D eigenvalue weighted by Crippen LogP contribution is 1.82. The molecule has 4 N–H and O–H groups in total. The number of methoxy groups -OCH3 is 3. The Morgan fingerprint density at radius 3 is 1.07 bits per heavy atom. The monoisotopic (exact) mass is 216 g/mol. The third-order valence-electron chi connectivity index (χ3n) is 1.00. The van der Waals surface area contributed by atoms with Gasteiger partial charge in [-0.3, -0.25) is 0 Å². The van der Waals surface area contributed by atoms with E-state index in [1.807, 2.05) is 6.92 Å². The molecule has 0 aromatic heterocycles. The molecule has 0 heterocycles. The molecule has 0 radical (unpaired) electrons. The molecule has 0 rings (SSSR count).